The van der Waals surface area contributed by atoms with Crippen molar-refractivity contribution in [1.82, 2.24) is 0 Å². The van der Waals surface area contributed by atoms with Crippen LogP contribution in [-0.2, 0) is 9.47 Å². The largest absolute Gasteiger partial charge is 0.462 e. The van der Waals surface area contributed by atoms with Crippen molar-refractivity contribution in [1.29, 1.82) is 0 Å². The minimum Gasteiger partial charge on any atom is -0.462 e. The fraction of sp³-hybridized carbons (Fsp3) is 0.435. The molecule has 1 aromatic heterocycles. The molecule has 0 spiro atoms. The number of anilines is 1. The number of benzene rings is 1. The molecule has 6 nitrogen and oxygen atoms in total. The van der Waals surface area contributed by atoms with Crippen LogP contribution in [0, 0.1) is 6.92 Å². The van der Waals surface area contributed by atoms with Gasteiger partial charge < -0.3 is 14.8 Å². The van der Waals surface area contributed by atoms with E-state index in [0.717, 1.165) is 16.9 Å². The molecule has 0 radical (unpaired) electrons. The van der Waals surface area contributed by atoms with Gasteiger partial charge in [-0.1, -0.05) is 26.0 Å². The van der Waals surface area contributed by atoms with Gasteiger partial charge in [-0.25, -0.2) is 9.59 Å². The smallest absolute Gasteiger partial charge is 0.349 e. The van der Waals surface area contributed by atoms with Crippen molar-refractivity contribution < 1.29 is 23.9 Å². The highest BCUT2D eigenvalue weighted by Gasteiger charge is 2.29. The number of nitrogens with one attached hydrogen (secondary N) is 1. The molecule has 2 aromatic rings. The third kappa shape index (κ3) is 5.69. The maximum Gasteiger partial charge on any atom is 0.349 e. The van der Waals surface area contributed by atoms with Gasteiger partial charge in [0.2, 0.25) is 0 Å². The lowest BCUT2D eigenvalue weighted by Crippen LogP contribution is -2.23. The van der Waals surface area contributed by atoms with Crippen LogP contribution in [0.25, 0.3) is 0 Å². The van der Waals surface area contributed by atoms with E-state index in [1.165, 1.54) is 0 Å². The van der Waals surface area contributed by atoms with E-state index in [-0.39, 0.29) is 28.0 Å². The van der Waals surface area contributed by atoms with E-state index in [9.17, 15) is 14.4 Å². The van der Waals surface area contributed by atoms with Gasteiger partial charge in [0.1, 0.15) is 15.5 Å². The van der Waals surface area contributed by atoms with Crippen LogP contribution >= 0.6 is 11.3 Å². The van der Waals surface area contributed by atoms with Crippen LogP contribution in [0.5, 0.6) is 0 Å². The zero-order valence-electron chi connectivity index (χ0n) is 18.5. The number of rotatable bonds is 6. The second-order valence-electron chi connectivity index (χ2n) is 8.21. The van der Waals surface area contributed by atoms with Crippen molar-refractivity contribution >= 4 is 34.2 Å². The molecular formula is C23H29NO5S. The van der Waals surface area contributed by atoms with Crippen LogP contribution in [0.4, 0.5) is 5.00 Å². The second-order valence-corrected chi connectivity index (χ2v) is 9.23. The average Bonchev–Trinajstić information content (AvgIpc) is 2.96. The van der Waals surface area contributed by atoms with Crippen LogP contribution in [0.15, 0.2) is 24.3 Å². The Bertz CT molecular complexity index is 936. The Balaban J connectivity index is 2.39. The molecule has 162 valence electrons. The van der Waals surface area contributed by atoms with Crippen molar-refractivity contribution in [3.8, 4) is 0 Å². The van der Waals surface area contributed by atoms with Gasteiger partial charge >= 0.3 is 11.9 Å². The summed E-state index contributed by atoms with van der Waals surface area (Å²) in [6, 6.07) is 7.28. The van der Waals surface area contributed by atoms with E-state index in [0.29, 0.717) is 17.0 Å². The van der Waals surface area contributed by atoms with Gasteiger partial charge in [-0.3, -0.25) is 4.79 Å². The van der Waals surface area contributed by atoms with E-state index in [1.54, 1.807) is 46.8 Å². The van der Waals surface area contributed by atoms with E-state index in [2.05, 4.69) is 19.2 Å². The van der Waals surface area contributed by atoms with Crippen LogP contribution in [0.2, 0.25) is 0 Å². The predicted molar refractivity (Wildman–Crippen MR) is 119 cm³/mol. The first-order valence-electron chi connectivity index (χ1n) is 9.89. The lowest BCUT2D eigenvalue weighted by Gasteiger charge is -2.19. The number of carbonyl (C=O) groups is 3. The number of carbonyl (C=O) groups excluding carboxylic acids is 3. The summed E-state index contributed by atoms with van der Waals surface area (Å²) < 4.78 is 10.6. The van der Waals surface area contributed by atoms with Gasteiger partial charge in [0.05, 0.1) is 12.2 Å². The van der Waals surface area contributed by atoms with Crippen molar-refractivity contribution in [3.05, 3.63) is 51.4 Å². The van der Waals surface area contributed by atoms with Crippen LogP contribution < -0.4 is 5.32 Å². The Morgan fingerprint density at radius 3 is 2.17 bits per heavy atom. The monoisotopic (exact) mass is 431 g/mol. The van der Waals surface area contributed by atoms with Gasteiger partial charge in [0.25, 0.3) is 5.91 Å². The highest BCUT2D eigenvalue weighted by atomic mass is 32.1. The van der Waals surface area contributed by atoms with Gasteiger partial charge in [0.15, 0.2) is 0 Å². The third-order valence-corrected chi connectivity index (χ3v) is 5.46. The van der Waals surface area contributed by atoms with E-state index >= 15 is 0 Å². The number of thiophene rings is 1. The Kier molecular flexibility index (Phi) is 7.42. The summed E-state index contributed by atoms with van der Waals surface area (Å²) in [7, 11) is 0. The third-order valence-electron chi connectivity index (χ3n) is 4.28. The molecular weight excluding hydrogens is 402 g/mol. The Labute approximate surface area is 181 Å². The van der Waals surface area contributed by atoms with Crippen LogP contribution in [0.3, 0.4) is 0 Å². The highest BCUT2D eigenvalue weighted by molar-refractivity contribution is 7.18. The molecule has 30 heavy (non-hydrogen) atoms. The van der Waals surface area contributed by atoms with Crippen molar-refractivity contribution in [3.63, 3.8) is 0 Å². The number of hydrogen-bond acceptors (Lipinski definition) is 6. The van der Waals surface area contributed by atoms with Gasteiger partial charge in [-0.15, -0.1) is 11.3 Å². The first-order valence-corrected chi connectivity index (χ1v) is 10.7. The molecule has 0 saturated carbocycles. The quantitative estimate of drug-likeness (QED) is 0.605. The minimum atomic E-state index is -0.681. The molecule has 0 bridgehead atoms. The minimum absolute atomic E-state index is 0.176. The maximum absolute atomic E-state index is 12.8. The molecule has 1 aromatic carbocycles. The summed E-state index contributed by atoms with van der Waals surface area (Å²) in [5, 5.41) is 3.03. The van der Waals surface area contributed by atoms with Crippen LogP contribution in [-0.4, -0.2) is 30.1 Å². The first kappa shape index (κ1) is 23.6. The lowest BCUT2D eigenvalue weighted by atomic mass is 10.0. The first-order chi connectivity index (χ1) is 13.9. The number of esters is 2. The number of ether oxygens (including phenoxy) is 2. The SMILES string of the molecule is CCOC(=O)c1c(NC(=O)c2ccc(C(C)C)cc2)sc(C(=O)OC(C)(C)C)c1C. The predicted octanol–water partition coefficient (Wildman–Crippen LogP) is 5.56. The van der Waals surface area contributed by atoms with Crippen LogP contribution in [0.1, 0.15) is 89.0 Å². The second kappa shape index (κ2) is 9.43. The molecule has 7 heteroatoms. The highest BCUT2D eigenvalue weighted by Crippen LogP contribution is 2.35. The summed E-state index contributed by atoms with van der Waals surface area (Å²) >= 11 is 1.01. The standard InChI is InChI=1S/C23H29NO5S/c1-8-28-21(26)17-14(4)18(22(27)29-23(5,6)7)30-20(17)24-19(25)16-11-9-15(10-12-16)13(2)3/h9-13H,8H2,1-7H3,(H,24,25). The lowest BCUT2D eigenvalue weighted by molar-refractivity contribution is 0.00744. The summed E-state index contributed by atoms with van der Waals surface area (Å²) in [5.41, 5.74) is 1.50. The average molecular weight is 432 g/mol. The fourth-order valence-corrected chi connectivity index (χ4v) is 3.83. The number of amides is 1. The van der Waals surface area contributed by atoms with E-state index in [4.69, 9.17) is 9.47 Å². The molecule has 0 aliphatic heterocycles. The Hall–Kier alpha value is -2.67. The van der Waals surface area contributed by atoms with Gasteiger partial charge in [-0.05, 0) is 63.8 Å². The molecule has 1 amide bonds. The normalized spacial score (nSPS) is 11.3. The molecule has 2 rings (SSSR count). The molecule has 0 aliphatic carbocycles. The molecule has 0 atom stereocenters. The molecule has 1 heterocycles. The Morgan fingerprint density at radius 2 is 1.67 bits per heavy atom. The summed E-state index contributed by atoms with van der Waals surface area (Å²) in [6.07, 6.45) is 0. The van der Waals surface area contributed by atoms with Crippen molar-refractivity contribution in [2.24, 2.45) is 0 Å². The van der Waals surface area contributed by atoms with Crippen molar-refractivity contribution in [2.45, 2.75) is 60.0 Å². The van der Waals surface area contributed by atoms with Crippen molar-refractivity contribution in [2.75, 3.05) is 11.9 Å². The molecule has 1 N–H and O–H groups in total. The topological polar surface area (TPSA) is 81.7 Å². The zero-order valence-corrected chi connectivity index (χ0v) is 19.4. The molecule has 0 unspecified atom stereocenters. The summed E-state index contributed by atoms with van der Waals surface area (Å²) in [5.74, 6) is -1.15. The summed E-state index contributed by atoms with van der Waals surface area (Å²) in [4.78, 5) is 38.2. The zero-order chi connectivity index (χ0) is 22.6. The number of hydrogen-bond donors (Lipinski definition) is 1. The van der Waals surface area contributed by atoms with E-state index in [1.807, 2.05) is 12.1 Å². The molecule has 0 aliphatic rings. The fourth-order valence-electron chi connectivity index (χ4n) is 2.76. The Morgan fingerprint density at radius 1 is 1.07 bits per heavy atom. The summed E-state index contributed by atoms with van der Waals surface area (Å²) in [6.45, 7) is 13.0. The molecule has 0 fully saturated rings. The van der Waals surface area contributed by atoms with E-state index < -0.39 is 17.5 Å². The molecule has 0 saturated heterocycles. The van der Waals surface area contributed by atoms with Gasteiger partial charge in [0, 0.05) is 5.56 Å². The maximum atomic E-state index is 12.8. The van der Waals surface area contributed by atoms with Gasteiger partial charge in [-0.2, -0.15) is 0 Å².